The highest BCUT2D eigenvalue weighted by atomic mass is 32.2. The molecule has 0 saturated carbocycles. The number of aryl methyl sites for hydroxylation is 1. The highest BCUT2D eigenvalue weighted by Crippen LogP contribution is 2.39. The maximum absolute atomic E-state index is 6.05. The fourth-order valence-electron chi connectivity index (χ4n) is 2.32. The Labute approximate surface area is 117 Å². The number of rotatable bonds is 3. The maximum Gasteiger partial charge on any atom is 0.148 e. The minimum absolute atomic E-state index is 0.973. The lowest BCUT2D eigenvalue weighted by Gasteiger charge is -2.00. The van der Waals surface area contributed by atoms with E-state index in [1.54, 1.807) is 11.8 Å². The number of hydrogen-bond donors (Lipinski definition) is 0. The third-order valence-electron chi connectivity index (χ3n) is 3.36. The van der Waals surface area contributed by atoms with Crippen molar-refractivity contribution in [2.75, 3.05) is 6.26 Å². The molecule has 0 aliphatic carbocycles. The molecule has 0 N–H and O–H groups in total. The largest absolute Gasteiger partial charge is 0.455 e. The fourth-order valence-corrected chi connectivity index (χ4v) is 3.05. The van der Waals surface area contributed by atoms with Crippen LogP contribution in [0.5, 0.6) is 0 Å². The van der Waals surface area contributed by atoms with Gasteiger partial charge in [0.25, 0.3) is 0 Å². The van der Waals surface area contributed by atoms with Gasteiger partial charge in [0.1, 0.15) is 11.3 Å². The van der Waals surface area contributed by atoms with E-state index in [2.05, 4.69) is 43.5 Å². The van der Waals surface area contributed by atoms with Crippen molar-refractivity contribution in [1.29, 1.82) is 0 Å². The lowest BCUT2D eigenvalue weighted by atomic mass is 10.1. The van der Waals surface area contributed by atoms with Gasteiger partial charge in [-0.25, -0.2) is 0 Å². The topological polar surface area (TPSA) is 13.1 Å². The van der Waals surface area contributed by atoms with Crippen molar-refractivity contribution < 1.29 is 4.42 Å². The number of furan rings is 1. The summed E-state index contributed by atoms with van der Waals surface area (Å²) in [4.78, 5) is 1.23. The first-order chi connectivity index (χ1) is 9.33. The van der Waals surface area contributed by atoms with Crippen molar-refractivity contribution in [3.63, 3.8) is 0 Å². The number of benzene rings is 2. The second-order valence-corrected chi connectivity index (χ2v) is 5.33. The molecular formula is C17H16OS. The summed E-state index contributed by atoms with van der Waals surface area (Å²) in [7, 11) is 0. The molecule has 0 fully saturated rings. The standard InChI is InChI=1S/C17H16OS/c1-3-12-9-10-15-14(11-12)17(19-2)16(18-15)13-7-5-4-6-8-13/h4-11H,3H2,1-2H3. The third kappa shape index (κ3) is 2.17. The van der Waals surface area contributed by atoms with Crippen molar-refractivity contribution >= 4 is 22.7 Å². The Hall–Kier alpha value is -1.67. The summed E-state index contributed by atoms with van der Waals surface area (Å²) in [6, 6.07) is 16.8. The Kier molecular flexibility index (Phi) is 3.34. The van der Waals surface area contributed by atoms with Crippen LogP contribution in [0.1, 0.15) is 12.5 Å². The van der Waals surface area contributed by atoms with Crippen LogP contribution < -0.4 is 0 Å². The molecule has 0 saturated heterocycles. The van der Waals surface area contributed by atoms with E-state index in [9.17, 15) is 0 Å². The van der Waals surface area contributed by atoms with Gasteiger partial charge in [0.2, 0.25) is 0 Å². The monoisotopic (exact) mass is 268 g/mol. The predicted octanol–water partition coefficient (Wildman–Crippen LogP) is 5.38. The van der Waals surface area contributed by atoms with Gasteiger partial charge in [-0.1, -0.05) is 43.3 Å². The first-order valence-electron chi connectivity index (χ1n) is 6.48. The van der Waals surface area contributed by atoms with E-state index in [1.807, 2.05) is 18.2 Å². The summed E-state index contributed by atoms with van der Waals surface area (Å²) in [6.45, 7) is 2.18. The lowest BCUT2D eigenvalue weighted by Crippen LogP contribution is -1.79. The molecule has 0 aliphatic heterocycles. The summed E-state index contributed by atoms with van der Waals surface area (Å²) in [6.07, 6.45) is 3.16. The van der Waals surface area contributed by atoms with Gasteiger partial charge in [0.15, 0.2) is 0 Å². The van der Waals surface area contributed by atoms with E-state index >= 15 is 0 Å². The van der Waals surface area contributed by atoms with Crippen LogP contribution in [0, 0.1) is 0 Å². The zero-order valence-electron chi connectivity index (χ0n) is 11.1. The van der Waals surface area contributed by atoms with Gasteiger partial charge in [0, 0.05) is 10.9 Å². The minimum Gasteiger partial charge on any atom is -0.455 e. The molecule has 96 valence electrons. The molecule has 3 rings (SSSR count). The quantitative estimate of drug-likeness (QED) is 0.591. The second kappa shape index (κ2) is 5.14. The van der Waals surface area contributed by atoms with Crippen LogP contribution >= 0.6 is 11.8 Å². The van der Waals surface area contributed by atoms with Gasteiger partial charge in [-0.05, 0) is 30.4 Å². The molecule has 0 aliphatic rings. The van der Waals surface area contributed by atoms with Crippen molar-refractivity contribution in [1.82, 2.24) is 0 Å². The summed E-state index contributed by atoms with van der Waals surface area (Å²) < 4.78 is 6.05. The molecule has 3 aromatic rings. The fraction of sp³-hybridized carbons (Fsp3) is 0.176. The first-order valence-corrected chi connectivity index (χ1v) is 7.70. The second-order valence-electron chi connectivity index (χ2n) is 4.51. The predicted molar refractivity (Wildman–Crippen MR) is 82.8 cm³/mol. The van der Waals surface area contributed by atoms with Gasteiger partial charge >= 0.3 is 0 Å². The molecule has 1 aromatic heterocycles. The SMILES string of the molecule is CCc1ccc2oc(-c3ccccc3)c(SC)c2c1. The van der Waals surface area contributed by atoms with Crippen LogP contribution in [0.3, 0.4) is 0 Å². The molecule has 1 heterocycles. The van der Waals surface area contributed by atoms with E-state index in [-0.39, 0.29) is 0 Å². The summed E-state index contributed by atoms with van der Waals surface area (Å²) in [5, 5.41) is 1.23. The zero-order valence-corrected chi connectivity index (χ0v) is 12.0. The van der Waals surface area contributed by atoms with Crippen molar-refractivity contribution in [2.24, 2.45) is 0 Å². The Balaban J connectivity index is 2.26. The smallest absolute Gasteiger partial charge is 0.148 e. The number of thioether (sulfide) groups is 1. The third-order valence-corrected chi connectivity index (χ3v) is 4.17. The minimum atomic E-state index is 0.973. The Morgan fingerprint density at radius 2 is 1.84 bits per heavy atom. The number of fused-ring (bicyclic) bond motifs is 1. The highest BCUT2D eigenvalue weighted by molar-refractivity contribution is 7.99. The maximum atomic E-state index is 6.05. The molecule has 0 amide bonds. The Bertz CT molecular complexity index is 698. The average molecular weight is 268 g/mol. The summed E-state index contributed by atoms with van der Waals surface area (Å²) in [5.74, 6) is 0.983. The Morgan fingerprint density at radius 3 is 2.53 bits per heavy atom. The zero-order chi connectivity index (χ0) is 13.2. The van der Waals surface area contributed by atoms with E-state index < -0.39 is 0 Å². The van der Waals surface area contributed by atoms with Crippen LogP contribution in [0.2, 0.25) is 0 Å². The van der Waals surface area contributed by atoms with E-state index in [1.165, 1.54) is 15.8 Å². The van der Waals surface area contributed by atoms with E-state index in [0.717, 1.165) is 23.3 Å². The molecule has 1 nitrogen and oxygen atoms in total. The molecule has 2 aromatic carbocycles. The number of hydrogen-bond acceptors (Lipinski definition) is 2. The van der Waals surface area contributed by atoms with E-state index in [0.29, 0.717) is 0 Å². The van der Waals surface area contributed by atoms with Gasteiger partial charge < -0.3 is 4.42 Å². The van der Waals surface area contributed by atoms with Gasteiger partial charge in [-0.2, -0.15) is 0 Å². The van der Waals surface area contributed by atoms with Crippen LogP contribution in [-0.4, -0.2) is 6.26 Å². The van der Waals surface area contributed by atoms with Gasteiger partial charge in [0.05, 0.1) is 4.90 Å². The van der Waals surface area contributed by atoms with Crippen LogP contribution in [0.4, 0.5) is 0 Å². The summed E-state index contributed by atoms with van der Waals surface area (Å²) >= 11 is 1.75. The molecule has 0 bridgehead atoms. The first kappa shape index (κ1) is 12.4. The molecule has 0 atom stereocenters. The molecule has 19 heavy (non-hydrogen) atoms. The van der Waals surface area contributed by atoms with Crippen molar-refractivity contribution in [3.05, 3.63) is 54.1 Å². The lowest BCUT2D eigenvalue weighted by molar-refractivity contribution is 0.625. The van der Waals surface area contributed by atoms with Gasteiger partial charge in [-0.15, -0.1) is 11.8 Å². The van der Waals surface area contributed by atoms with Crippen molar-refractivity contribution in [2.45, 2.75) is 18.2 Å². The molecular weight excluding hydrogens is 252 g/mol. The molecule has 0 unspecified atom stereocenters. The average Bonchev–Trinajstić information content (AvgIpc) is 2.85. The summed E-state index contributed by atoms with van der Waals surface area (Å²) in [5.41, 5.74) is 3.46. The molecule has 0 spiro atoms. The van der Waals surface area contributed by atoms with Crippen LogP contribution in [0.15, 0.2) is 57.8 Å². The normalized spacial score (nSPS) is 11.1. The molecule has 2 heteroatoms. The van der Waals surface area contributed by atoms with Gasteiger partial charge in [-0.3, -0.25) is 0 Å². The van der Waals surface area contributed by atoms with E-state index in [4.69, 9.17) is 4.42 Å². The Morgan fingerprint density at radius 1 is 1.05 bits per heavy atom. The van der Waals surface area contributed by atoms with Crippen molar-refractivity contribution in [3.8, 4) is 11.3 Å². The highest BCUT2D eigenvalue weighted by Gasteiger charge is 2.15. The van der Waals surface area contributed by atoms with Crippen LogP contribution in [0.25, 0.3) is 22.3 Å². The van der Waals surface area contributed by atoms with Crippen LogP contribution in [-0.2, 0) is 6.42 Å². The molecule has 0 radical (unpaired) electrons.